The molecule has 1 aliphatic carbocycles. The fourth-order valence-corrected chi connectivity index (χ4v) is 1.84. The van der Waals surface area contributed by atoms with Gasteiger partial charge in [-0.2, -0.15) is 0 Å². The third-order valence-corrected chi connectivity index (χ3v) is 3.10. The highest BCUT2D eigenvalue weighted by Crippen LogP contribution is 2.36. The van der Waals surface area contributed by atoms with E-state index in [2.05, 4.69) is 38.1 Å². The first-order valence-electron chi connectivity index (χ1n) is 4.97. The number of hydrogen-bond donors (Lipinski definition) is 1. The van der Waals surface area contributed by atoms with E-state index in [-0.39, 0.29) is 0 Å². The van der Waals surface area contributed by atoms with Crippen LogP contribution in [0.1, 0.15) is 19.8 Å². The lowest BCUT2D eigenvalue weighted by Crippen LogP contribution is -2.13. The van der Waals surface area contributed by atoms with Crippen LogP contribution in [0.15, 0.2) is 17.0 Å². The SMILES string of the molecule is CC(CNc1cc(Br)ncn1)C1CC1. The zero-order valence-electron chi connectivity index (χ0n) is 8.20. The lowest BCUT2D eigenvalue weighted by molar-refractivity contribution is 0.536. The minimum atomic E-state index is 0.753. The molecule has 1 heterocycles. The normalized spacial score (nSPS) is 17.9. The van der Waals surface area contributed by atoms with E-state index in [9.17, 15) is 0 Å². The molecule has 4 heteroatoms. The van der Waals surface area contributed by atoms with E-state index >= 15 is 0 Å². The third-order valence-electron chi connectivity index (χ3n) is 2.67. The van der Waals surface area contributed by atoms with Crippen molar-refractivity contribution >= 4 is 21.7 Å². The van der Waals surface area contributed by atoms with Crippen molar-refractivity contribution < 1.29 is 0 Å². The summed E-state index contributed by atoms with van der Waals surface area (Å²) >= 11 is 3.32. The Balaban J connectivity index is 1.84. The summed E-state index contributed by atoms with van der Waals surface area (Å²) in [6.45, 7) is 3.30. The molecule has 3 nitrogen and oxygen atoms in total. The van der Waals surface area contributed by atoms with Crippen molar-refractivity contribution in [1.82, 2.24) is 9.97 Å². The van der Waals surface area contributed by atoms with E-state index in [4.69, 9.17) is 0 Å². The van der Waals surface area contributed by atoms with Crippen molar-refractivity contribution in [3.8, 4) is 0 Å². The molecular weight excluding hydrogens is 242 g/mol. The number of halogens is 1. The van der Waals surface area contributed by atoms with E-state index < -0.39 is 0 Å². The molecule has 1 saturated carbocycles. The fourth-order valence-electron chi connectivity index (χ4n) is 1.53. The van der Waals surface area contributed by atoms with Gasteiger partial charge in [0.2, 0.25) is 0 Å². The van der Waals surface area contributed by atoms with Crippen molar-refractivity contribution in [2.45, 2.75) is 19.8 Å². The first-order chi connectivity index (χ1) is 6.75. The van der Waals surface area contributed by atoms with E-state index in [1.54, 1.807) is 6.33 Å². The standard InChI is InChI=1S/C10H14BrN3/c1-7(8-2-3-8)5-12-10-4-9(11)13-6-14-10/h4,6-8H,2-3,5H2,1H3,(H,12,13,14). The predicted molar refractivity (Wildman–Crippen MR) is 60.1 cm³/mol. The Morgan fingerprint density at radius 3 is 3.00 bits per heavy atom. The van der Waals surface area contributed by atoms with Gasteiger partial charge in [0.05, 0.1) is 0 Å². The van der Waals surface area contributed by atoms with Gasteiger partial charge in [0.15, 0.2) is 0 Å². The van der Waals surface area contributed by atoms with Gasteiger partial charge in [-0.05, 0) is 40.6 Å². The molecule has 0 bridgehead atoms. The largest absolute Gasteiger partial charge is 0.370 e. The quantitative estimate of drug-likeness (QED) is 0.841. The second-order valence-corrected chi connectivity index (χ2v) is 4.73. The van der Waals surface area contributed by atoms with Crippen molar-refractivity contribution in [3.63, 3.8) is 0 Å². The van der Waals surface area contributed by atoms with Crippen LogP contribution in [-0.2, 0) is 0 Å². The first kappa shape index (κ1) is 9.90. The first-order valence-corrected chi connectivity index (χ1v) is 5.76. The topological polar surface area (TPSA) is 37.8 Å². The van der Waals surface area contributed by atoms with Crippen molar-refractivity contribution in [2.24, 2.45) is 11.8 Å². The Bertz CT molecular complexity index is 312. The van der Waals surface area contributed by atoms with Crippen LogP contribution in [0.3, 0.4) is 0 Å². The maximum absolute atomic E-state index is 4.14. The van der Waals surface area contributed by atoms with E-state index in [1.807, 2.05) is 6.07 Å². The summed E-state index contributed by atoms with van der Waals surface area (Å²) in [4.78, 5) is 8.12. The maximum atomic E-state index is 4.14. The monoisotopic (exact) mass is 255 g/mol. The third kappa shape index (κ3) is 2.67. The molecule has 1 aromatic rings. The van der Waals surface area contributed by atoms with Crippen LogP contribution in [0.4, 0.5) is 5.82 Å². The second-order valence-electron chi connectivity index (χ2n) is 3.92. The summed E-state index contributed by atoms with van der Waals surface area (Å²) in [7, 11) is 0. The average molecular weight is 256 g/mol. The molecule has 0 aromatic carbocycles. The summed E-state index contributed by atoms with van der Waals surface area (Å²) in [6.07, 6.45) is 4.36. The summed E-state index contributed by atoms with van der Waals surface area (Å²) in [6, 6.07) is 1.90. The van der Waals surface area contributed by atoms with Crippen LogP contribution < -0.4 is 5.32 Å². The number of anilines is 1. The number of hydrogen-bond acceptors (Lipinski definition) is 3. The molecule has 0 spiro atoms. The minimum absolute atomic E-state index is 0.753. The van der Waals surface area contributed by atoms with Crippen molar-refractivity contribution in [1.29, 1.82) is 0 Å². The van der Waals surface area contributed by atoms with Crippen LogP contribution in [0.5, 0.6) is 0 Å². The predicted octanol–water partition coefficient (Wildman–Crippen LogP) is 2.70. The van der Waals surface area contributed by atoms with Crippen LogP contribution in [-0.4, -0.2) is 16.5 Å². The molecule has 0 amide bonds. The summed E-state index contributed by atoms with van der Waals surface area (Å²) < 4.78 is 0.828. The fraction of sp³-hybridized carbons (Fsp3) is 0.600. The van der Waals surface area contributed by atoms with E-state index in [0.717, 1.165) is 28.8 Å². The molecule has 1 aromatic heterocycles. The average Bonchev–Trinajstić information content (AvgIpc) is 2.97. The highest BCUT2D eigenvalue weighted by Gasteiger charge is 2.27. The van der Waals surface area contributed by atoms with Gasteiger partial charge in [0.25, 0.3) is 0 Å². The molecule has 2 rings (SSSR count). The second kappa shape index (κ2) is 4.26. The lowest BCUT2D eigenvalue weighted by atomic mass is 10.1. The zero-order chi connectivity index (χ0) is 9.97. The van der Waals surface area contributed by atoms with Crippen molar-refractivity contribution in [2.75, 3.05) is 11.9 Å². The number of nitrogens with zero attached hydrogens (tertiary/aromatic N) is 2. The van der Waals surface area contributed by atoms with Crippen LogP contribution in [0.25, 0.3) is 0 Å². The van der Waals surface area contributed by atoms with Crippen LogP contribution in [0, 0.1) is 11.8 Å². The Morgan fingerprint density at radius 2 is 2.36 bits per heavy atom. The van der Waals surface area contributed by atoms with Crippen LogP contribution >= 0.6 is 15.9 Å². The molecule has 1 fully saturated rings. The van der Waals surface area contributed by atoms with Gasteiger partial charge in [0, 0.05) is 12.6 Å². The van der Waals surface area contributed by atoms with Gasteiger partial charge in [-0.1, -0.05) is 6.92 Å². The van der Waals surface area contributed by atoms with Gasteiger partial charge in [-0.25, -0.2) is 9.97 Å². The molecule has 1 N–H and O–H groups in total. The molecule has 0 radical (unpaired) electrons. The molecule has 1 unspecified atom stereocenters. The Morgan fingerprint density at radius 1 is 1.57 bits per heavy atom. The highest BCUT2D eigenvalue weighted by atomic mass is 79.9. The molecule has 0 aliphatic heterocycles. The van der Waals surface area contributed by atoms with E-state index in [0.29, 0.717) is 0 Å². The maximum Gasteiger partial charge on any atom is 0.130 e. The number of aromatic nitrogens is 2. The van der Waals surface area contributed by atoms with Gasteiger partial charge in [0.1, 0.15) is 16.7 Å². The van der Waals surface area contributed by atoms with Gasteiger partial charge in [-0.15, -0.1) is 0 Å². The van der Waals surface area contributed by atoms with E-state index in [1.165, 1.54) is 12.8 Å². The summed E-state index contributed by atoms with van der Waals surface area (Å²) in [5.41, 5.74) is 0. The molecule has 14 heavy (non-hydrogen) atoms. The Kier molecular flexibility index (Phi) is 3.01. The van der Waals surface area contributed by atoms with Gasteiger partial charge >= 0.3 is 0 Å². The summed E-state index contributed by atoms with van der Waals surface area (Å²) in [5, 5.41) is 3.33. The summed E-state index contributed by atoms with van der Waals surface area (Å²) in [5.74, 6) is 2.59. The Labute approximate surface area is 92.5 Å². The highest BCUT2D eigenvalue weighted by molar-refractivity contribution is 9.10. The van der Waals surface area contributed by atoms with Crippen molar-refractivity contribution in [3.05, 3.63) is 17.0 Å². The number of nitrogens with one attached hydrogen (secondary N) is 1. The molecule has 0 saturated heterocycles. The molecular formula is C10H14BrN3. The smallest absolute Gasteiger partial charge is 0.130 e. The van der Waals surface area contributed by atoms with Gasteiger partial charge in [-0.3, -0.25) is 0 Å². The minimum Gasteiger partial charge on any atom is -0.370 e. The van der Waals surface area contributed by atoms with Crippen LogP contribution in [0.2, 0.25) is 0 Å². The molecule has 1 aliphatic rings. The molecule has 1 atom stereocenters. The Hall–Kier alpha value is -0.640. The zero-order valence-corrected chi connectivity index (χ0v) is 9.79. The molecule has 76 valence electrons. The lowest BCUT2D eigenvalue weighted by Gasteiger charge is -2.11. The number of rotatable bonds is 4. The van der Waals surface area contributed by atoms with Gasteiger partial charge < -0.3 is 5.32 Å².